The van der Waals surface area contributed by atoms with E-state index < -0.39 is 0 Å². The number of carbonyl (C=O) groups is 1. The highest BCUT2D eigenvalue weighted by molar-refractivity contribution is 5.72. The molecule has 0 atom stereocenters. The number of rotatable bonds is 3. The fraction of sp³-hybridized carbons (Fsp3) is 0.273. The molecule has 0 aliphatic heterocycles. The van der Waals surface area contributed by atoms with Crippen molar-refractivity contribution in [3.8, 4) is 0 Å². The van der Waals surface area contributed by atoms with Crippen molar-refractivity contribution in [3.63, 3.8) is 0 Å². The molecule has 2 aromatic heterocycles. The summed E-state index contributed by atoms with van der Waals surface area (Å²) >= 11 is 0. The van der Waals surface area contributed by atoms with E-state index in [1.807, 2.05) is 37.0 Å². The van der Waals surface area contributed by atoms with Crippen LogP contribution in [0.3, 0.4) is 0 Å². The molecule has 15 heavy (non-hydrogen) atoms. The van der Waals surface area contributed by atoms with Gasteiger partial charge in [-0.3, -0.25) is 9.48 Å². The van der Waals surface area contributed by atoms with Crippen molar-refractivity contribution in [2.45, 2.75) is 13.5 Å². The van der Waals surface area contributed by atoms with Crippen LogP contribution in [0.5, 0.6) is 0 Å². The van der Waals surface area contributed by atoms with Gasteiger partial charge >= 0.3 is 0 Å². The Hall–Kier alpha value is -1.84. The van der Waals surface area contributed by atoms with Gasteiger partial charge in [-0.1, -0.05) is 0 Å². The van der Waals surface area contributed by atoms with E-state index in [-0.39, 0.29) is 0 Å². The molecule has 0 aliphatic carbocycles. The van der Waals surface area contributed by atoms with E-state index in [0.717, 1.165) is 17.5 Å². The first-order valence-electron chi connectivity index (χ1n) is 4.80. The molecule has 0 spiro atoms. The minimum Gasteiger partial charge on any atom is -0.341 e. The Labute approximate surface area is 88.1 Å². The van der Waals surface area contributed by atoms with E-state index >= 15 is 0 Å². The summed E-state index contributed by atoms with van der Waals surface area (Å²) in [4.78, 5) is 10.7. The minimum atomic E-state index is 0.693. The van der Waals surface area contributed by atoms with Crippen LogP contribution in [0.25, 0.3) is 0 Å². The molecule has 4 heteroatoms. The lowest BCUT2D eigenvalue weighted by Crippen LogP contribution is -2.02. The van der Waals surface area contributed by atoms with Crippen LogP contribution in [0.2, 0.25) is 0 Å². The first kappa shape index (κ1) is 9.71. The number of hydrogen-bond donors (Lipinski definition) is 0. The molecule has 0 amide bonds. The van der Waals surface area contributed by atoms with Crippen LogP contribution in [0.15, 0.2) is 24.5 Å². The Morgan fingerprint density at radius 2 is 2.33 bits per heavy atom. The van der Waals surface area contributed by atoms with E-state index in [2.05, 4.69) is 5.10 Å². The Morgan fingerprint density at radius 3 is 2.93 bits per heavy atom. The molecule has 0 unspecified atom stereocenters. The summed E-state index contributed by atoms with van der Waals surface area (Å²) in [6.07, 6.45) is 4.74. The number of aromatic nitrogens is 3. The zero-order valence-electron chi connectivity index (χ0n) is 8.84. The Bertz CT molecular complexity index is 482. The second-order valence-corrected chi connectivity index (χ2v) is 3.59. The first-order valence-corrected chi connectivity index (χ1v) is 4.80. The summed E-state index contributed by atoms with van der Waals surface area (Å²) in [5.41, 5.74) is 2.83. The Kier molecular flexibility index (Phi) is 2.41. The molecule has 2 aromatic rings. The molecule has 0 radical (unpaired) electrons. The lowest BCUT2D eigenvalue weighted by Gasteiger charge is -2.03. The van der Waals surface area contributed by atoms with Crippen molar-refractivity contribution < 1.29 is 4.79 Å². The van der Waals surface area contributed by atoms with Crippen LogP contribution in [0.1, 0.15) is 21.7 Å². The molecule has 0 bridgehead atoms. The fourth-order valence-corrected chi connectivity index (χ4v) is 1.67. The highest BCUT2D eigenvalue weighted by Gasteiger charge is 2.05. The summed E-state index contributed by atoms with van der Waals surface area (Å²) in [5, 5.41) is 4.26. The van der Waals surface area contributed by atoms with Gasteiger partial charge < -0.3 is 4.57 Å². The van der Waals surface area contributed by atoms with Gasteiger partial charge in [-0.2, -0.15) is 5.10 Å². The van der Waals surface area contributed by atoms with Gasteiger partial charge in [0.2, 0.25) is 0 Å². The molecule has 0 aromatic carbocycles. The van der Waals surface area contributed by atoms with E-state index in [9.17, 15) is 4.79 Å². The monoisotopic (exact) mass is 203 g/mol. The molecule has 0 aliphatic rings. The highest BCUT2D eigenvalue weighted by atomic mass is 16.1. The molecule has 0 fully saturated rings. The smallest absolute Gasteiger partial charge is 0.166 e. The van der Waals surface area contributed by atoms with Crippen molar-refractivity contribution in [1.29, 1.82) is 0 Å². The zero-order valence-corrected chi connectivity index (χ0v) is 8.84. The van der Waals surface area contributed by atoms with Crippen LogP contribution in [0.4, 0.5) is 0 Å². The Morgan fingerprint density at radius 1 is 1.53 bits per heavy atom. The maximum Gasteiger partial charge on any atom is 0.166 e. The number of nitrogens with zero attached hydrogens (tertiary/aromatic N) is 3. The molecule has 0 saturated heterocycles. The molecule has 0 N–H and O–H groups in total. The molecule has 78 valence electrons. The predicted octanol–water partition coefficient (Wildman–Crippen LogP) is 1.39. The number of aldehydes is 1. The molecular formula is C11H13N3O. The molecule has 2 rings (SSSR count). The average molecular weight is 203 g/mol. The molecule has 4 nitrogen and oxygen atoms in total. The summed E-state index contributed by atoms with van der Waals surface area (Å²) in [5.74, 6) is 0. The molecule has 2 heterocycles. The number of aryl methyl sites for hydroxylation is 2. The summed E-state index contributed by atoms with van der Waals surface area (Å²) in [6, 6.07) is 3.67. The van der Waals surface area contributed by atoms with Gasteiger partial charge in [0, 0.05) is 25.0 Å². The van der Waals surface area contributed by atoms with Crippen LogP contribution in [-0.2, 0) is 13.6 Å². The maximum atomic E-state index is 10.7. The van der Waals surface area contributed by atoms with Gasteiger partial charge in [-0.15, -0.1) is 0 Å². The largest absolute Gasteiger partial charge is 0.341 e. The average Bonchev–Trinajstić information content (AvgIpc) is 2.74. The van der Waals surface area contributed by atoms with Crippen LogP contribution in [0, 0.1) is 6.92 Å². The number of hydrogen-bond acceptors (Lipinski definition) is 2. The van der Waals surface area contributed by atoms with Crippen LogP contribution in [-0.4, -0.2) is 20.6 Å². The van der Waals surface area contributed by atoms with Crippen molar-refractivity contribution in [3.05, 3.63) is 41.5 Å². The van der Waals surface area contributed by atoms with E-state index in [1.54, 1.807) is 10.7 Å². The minimum absolute atomic E-state index is 0.693. The van der Waals surface area contributed by atoms with E-state index in [0.29, 0.717) is 12.2 Å². The van der Waals surface area contributed by atoms with Gasteiger partial charge in [0.1, 0.15) is 0 Å². The zero-order chi connectivity index (χ0) is 10.8. The third-order valence-electron chi connectivity index (χ3n) is 2.44. The van der Waals surface area contributed by atoms with Gasteiger partial charge in [0.25, 0.3) is 0 Å². The highest BCUT2D eigenvalue weighted by Crippen LogP contribution is 2.09. The lowest BCUT2D eigenvalue weighted by molar-refractivity contribution is 0.111. The van der Waals surface area contributed by atoms with Crippen molar-refractivity contribution in [2.24, 2.45) is 7.05 Å². The van der Waals surface area contributed by atoms with Crippen molar-refractivity contribution in [1.82, 2.24) is 14.3 Å². The van der Waals surface area contributed by atoms with E-state index in [4.69, 9.17) is 0 Å². The maximum absolute atomic E-state index is 10.7. The topological polar surface area (TPSA) is 39.8 Å². The lowest BCUT2D eigenvalue weighted by atomic mass is 10.2. The molecule has 0 saturated carbocycles. The first-order chi connectivity index (χ1) is 7.20. The van der Waals surface area contributed by atoms with Crippen molar-refractivity contribution in [2.75, 3.05) is 0 Å². The second-order valence-electron chi connectivity index (χ2n) is 3.59. The Balaban J connectivity index is 2.29. The second kappa shape index (κ2) is 3.73. The van der Waals surface area contributed by atoms with Crippen LogP contribution < -0.4 is 0 Å². The summed E-state index contributed by atoms with van der Waals surface area (Å²) in [6.45, 7) is 2.67. The summed E-state index contributed by atoms with van der Waals surface area (Å²) in [7, 11) is 1.90. The normalized spacial score (nSPS) is 10.5. The summed E-state index contributed by atoms with van der Waals surface area (Å²) < 4.78 is 3.70. The third kappa shape index (κ3) is 1.83. The standard InChI is InChI=1S/C11H13N3O/c1-9-10(6-13(2)12-9)7-14-5-3-4-11(14)8-15/h3-6,8H,7H2,1-2H3. The van der Waals surface area contributed by atoms with Gasteiger partial charge in [0.15, 0.2) is 6.29 Å². The molecular weight excluding hydrogens is 190 g/mol. The van der Waals surface area contributed by atoms with Gasteiger partial charge in [0.05, 0.1) is 17.9 Å². The SMILES string of the molecule is Cc1nn(C)cc1Cn1cccc1C=O. The van der Waals surface area contributed by atoms with E-state index in [1.165, 1.54) is 0 Å². The van der Waals surface area contributed by atoms with Crippen LogP contribution >= 0.6 is 0 Å². The van der Waals surface area contributed by atoms with Gasteiger partial charge in [-0.05, 0) is 19.1 Å². The quantitative estimate of drug-likeness (QED) is 0.707. The van der Waals surface area contributed by atoms with Gasteiger partial charge in [-0.25, -0.2) is 0 Å². The van der Waals surface area contributed by atoms with Crippen molar-refractivity contribution >= 4 is 6.29 Å². The third-order valence-corrected chi connectivity index (χ3v) is 2.44. The predicted molar refractivity (Wildman–Crippen MR) is 56.9 cm³/mol. The fourth-order valence-electron chi connectivity index (χ4n) is 1.67. The number of carbonyl (C=O) groups excluding carboxylic acids is 1.